The number of sulfonamides is 1. The lowest BCUT2D eigenvalue weighted by Gasteiger charge is -2.20. The standard InChI is InChI=1S/C21H20N2O3S2/c1-15(20-10-5-13-27-20)22-21(24)17-7-4-8-18(14-17)28(25,26)23-12-11-16-6-2-3-9-19(16)23/h2-10,13-15H,11-12H2,1H3,(H,22,24)/t15-/m1/s1. The predicted molar refractivity (Wildman–Crippen MR) is 111 cm³/mol. The third kappa shape index (κ3) is 3.43. The normalized spacial score (nSPS) is 14.5. The van der Waals surface area contributed by atoms with E-state index in [4.69, 9.17) is 0 Å². The van der Waals surface area contributed by atoms with E-state index in [0.717, 1.165) is 10.4 Å². The fraction of sp³-hybridized carbons (Fsp3) is 0.190. The first-order valence-corrected chi connectivity index (χ1v) is 11.3. The van der Waals surface area contributed by atoms with Crippen LogP contribution in [0.5, 0.6) is 0 Å². The number of amides is 1. The number of nitrogens with zero attached hydrogens (tertiary/aromatic N) is 1. The second-order valence-corrected chi connectivity index (χ2v) is 9.54. The molecule has 0 unspecified atom stereocenters. The molecule has 1 aliphatic heterocycles. The Morgan fingerprint density at radius 3 is 2.71 bits per heavy atom. The number of thiophene rings is 1. The lowest BCUT2D eigenvalue weighted by molar-refractivity contribution is 0.0940. The first-order chi connectivity index (χ1) is 13.5. The van der Waals surface area contributed by atoms with Crippen molar-refractivity contribution < 1.29 is 13.2 Å². The van der Waals surface area contributed by atoms with Crippen molar-refractivity contribution in [2.45, 2.75) is 24.3 Å². The zero-order valence-corrected chi connectivity index (χ0v) is 17.0. The number of carbonyl (C=O) groups excluding carboxylic acids is 1. The minimum Gasteiger partial charge on any atom is -0.345 e. The third-order valence-electron chi connectivity index (χ3n) is 4.85. The van der Waals surface area contributed by atoms with Gasteiger partial charge in [0, 0.05) is 17.0 Å². The number of nitrogens with one attached hydrogen (secondary N) is 1. The summed E-state index contributed by atoms with van der Waals surface area (Å²) in [6.45, 7) is 2.32. The molecule has 0 radical (unpaired) electrons. The Bertz CT molecular complexity index is 1110. The molecule has 28 heavy (non-hydrogen) atoms. The molecule has 3 aromatic rings. The molecule has 0 bridgehead atoms. The SMILES string of the molecule is C[C@@H](NC(=O)c1cccc(S(=O)(=O)N2CCc3ccccc32)c1)c1cccs1. The van der Waals surface area contributed by atoms with Gasteiger partial charge >= 0.3 is 0 Å². The van der Waals surface area contributed by atoms with E-state index >= 15 is 0 Å². The summed E-state index contributed by atoms with van der Waals surface area (Å²) in [7, 11) is -3.72. The number of fused-ring (bicyclic) bond motifs is 1. The van der Waals surface area contributed by atoms with Crippen molar-refractivity contribution in [1.29, 1.82) is 0 Å². The Morgan fingerprint density at radius 2 is 1.93 bits per heavy atom. The highest BCUT2D eigenvalue weighted by Gasteiger charge is 2.31. The Labute approximate surface area is 168 Å². The molecule has 0 spiro atoms. The molecule has 1 atom stereocenters. The van der Waals surface area contributed by atoms with Crippen LogP contribution in [-0.2, 0) is 16.4 Å². The van der Waals surface area contributed by atoms with Crippen LogP contribution in [0, 0.1) is 0 Å². The van der Waals surface area contributed by atoms with Gasteiger partial charge in [-0.05, 0) is 54.6 Å². The Kier molecular flexibility index (Phi) is 4.95. The largest absolute Gasteiger partial charge is 0.345 e. The van der Waals surface area contributed by atoms with Gasteiger partial charge in [0.05, 0.1) is 16.6 Å². The summed E-state index contributed by atoms with van der Waals surface area (Å²) in [5.41, 5.74) is 2.06. The summed E-state index contributed by atoms with van der Waals surface area (Å²) in [6.07, 6.45) is 0.688. The summed E-state index contributed by atoms with van der Waals surface area (Å²) in [5, 5.41) is 4.88. The summed E-state index contributed by atoms with van der Waals surface area (Å²) < 4.78 is 27.8. The first kappa shape index (κ1) is 18.7. The Hall–Kier alpha value is -2.64. The molecular formula is C21H20N2O3S2. The van der Waals surface area contributed by atoms with Gasteiger partial charge in [-0.15, -0.1) is 11.3 Å². The zero-order valence-electron chi connectivity index (χ0n) is 15.3. The van der Waals surface area contributed by atoms with Crippen molar-refractivity contribution in [3.8, 4) is 0 Å². The molecule has 1 aliphatic rings. The molecule has 1 aromatic heterocycles. The summed E-state index contributed by atoms with van der Waals surface area (Å²) in [5.74, 6) is -0.292. The average Bonchev–Trinajstić information content (AvgIpc) is 3.38. The van der Waals surface area contributed by atoms with Crippen LogP contribution in [0.25, 0.3) is 0 Å². The van der Waals surface area contributed by atoms with Crippen molar-refractivity contribution in [3.05, 3.63) is 82.0 Å². The number of rotatable bonds is 5. The van der Waals surface area contributed by atoms with Gasteiger partial charge in [-0.25, -0.2) is 8.42 Å². The van der Waals surface area contributed by atoms with Crippen LogP contribution in [0.2, 0.25) is 0 Å². The fourth-order valence-electron chi connectivity index (χ4n) is 3.37. The van der Waals surface area contributed by atoms with Crippen molar-refractivity contribution in [3.63, 3.8) is 0 Å². The summed E-state index contributed by atoms with van der Waals surface area (Å²) >= 11 is 1.57. The minimum absolute atomic E-state index is 0.126. The molecule has 1 amide bonds. The number of hydrogen-bond acceptors (Lipinski definition) is 4. The molecule has 2 aromatic carbocycles. The van der Waals surface area contributed by atoms with E-state index in [-0.39, 0.29) is 16.8 Å². The predicted octanol–water partition coefficient (Wildman–Crippen LogP) is 3.99. The van der Waals surface area contributed by atoms with E-state index in [1.165, 1.54) is 16.4 Å². The van der Waals surface area contributed by atoms with Crippen molar-refractivity contribution >= 4 is 33.0 Å². The Morgan fingerprint density at radius 1 is 1.11 bits per heavy atom. The van der Waals surface area contributed by atoms with Gasteiger partial charge in [-0.1, -0.05) is 30.3 Å². The second kappa shape index (κ2) is 7.41. The molecule has 0 saturated carbocycles. The van der Waals surface area contributed by atoms with Gasteiger partial charge in [0.1, 0.15) is 0 Å². The Balaban J connectivity index is 1.59. The van der Waals surface area contributed by atoms with Crippen molar-refractivity contribution in [2.75, 3.05) is 10.8 Å². The van der Waals surface area contributed by atoms with Crippen LogP contribution >= 0.6 is 11.3 Å². The van der Waals surface area contributed by atoms with Gasteiger partial charge in [0.15, 0.2) is 0 Å². The quantitative estimate of drug-likeness (QED) is 0.689. The molecule has 0 aliphatic carbocycles. The number of hydrogen-bond donors (Lipinski definition) is 1. The maximum absolute atomic E-state index is 13.2. The molecule has 144 valence electrons. The number of carbonyl (C=O) groups is 1. The second-order valence-electron chi connectivity index (χ2n) is 6.69. The lowest BCUT2D eigenvalue weighted by atomic mass is 10.2. The van der Waals surface area contributed by atoms with E-state index in [0.29, 0.717) is 24.2 Å². The third-order valence-corrected chi connectivity index (χ3v) is 7.71. The van der Waals surface area contributed by atoms with Crippen LogP contribution in [0.4, 0.5) is 5.69 Å². The van der Waals surface area contributed by atoms with E-state index in [9.17, 15) is 13.2 Å². The molecule has 7 heteroatoms. The molecule has 0 saturated heterocycles. The lowest BCUT2D eigenvalue weighted by Crippen LogP contribution is -2.30. The number of anilines is 1. The highest BCUT2D eigenvalue weighted by molar-refractivity contribution is 7.92. The van der Waals surface area contributed by atoms with Gasteiger partial charge in [-0.3, -0.25) is 9.10 Å². The smallest absolute Gasteiger partial charge is 0.264 e. The zero-order chi connectivity index (χ0) is 19.7. The number of para-hydroxylation sites is 1. The molecule has 1 N–H and O–H groups in total. The summed E-state index contributed by atoms with van der Waals surface area (Å²) in [6, 6.07) is 17.5. The van der Waals surface area contributed by atoms with Crippen LogP contribution in [-0.4, -0.2) is 20.9 Å². The monoisotopic (exact) mass is 412 g/mol. The molecule has 5 nitrogen and oxygen atoms in total. The molecule has 4 rings (SSSR count). The topological polar surface area (TPSA) is 66.5 Å². The maximum Gasteiger partial charge on any atom is 0.264 e. The molecule has 0 fully saturated rings. The molecular weight excluding hydrogens is 392 g/mol. The van der Waals surface area contributed by atoms with Crippen LogP contribution in [0.3, 0.4) is 0 Å². The highest BCUT2D eigenvalue weighted by atomic mass is 32.2. The van der Waals surface area contributed by atoms with E-state index in [1.807, 2.05) is 48.7 Å². The van der Waals surface area contributed by atoms with E-state index in [1.54, 1.807) is 23.5 Å². The highest BCUT2D eigenvalue weighted by Crippen LogP contribution is 2.32. The fourth-order valence-corrected chi connectivity index (χ4v) is 5.66. The van der Waals surface area contributed by atoms with E-state index in [2.05, 4.69) is 5.32 Å². The average molecular weight is 413 g/mol. The maximum atomic E-state index is 13.2. The van der Waals surface area contributed by atoms with Crippen molar-refractivity contribution in [2.24, 2.45) is 0 Å². The molecule has 2 heterocycles. The van der Waals surface area contributed by atoms with Crippen LogP contribution in [0.15, 0.2) is 70.9 Å². The van der Waals surface area contributed by atoms with Gasteiger partial charge < -0.3 is 5.32 Å². The number of benzene rings is 2. The van der Waals surface area contributed by atoms with Gasteiger partial charge in [-0.2, -0.15) is 0 Å². The van der Waals surface area contributed by atoms with Gasteiger partial charge in [0.2, 0.25) is 0 Å². The summed E-state index contributed by atoms with van der Waals surface area (Å²) in [4.78, 5) is 13.8. The van der Waals surface area contributed by atoms with E-state index < -0.39 is 10.0 Å². The van der Waals surface area contributed by atoms with Crippen molar-refractivity contribution in [1.82, 2.24) is 5.32 Å². The van der Waals surface area contributed by atoms with Gasteiger partial charge in [0.25, 0.3) is 15.9 Å². The van der Waals surface area contributed by atoms with Crippen LogP contribution < -0.4 is 9.62 Å². The van der Waals surface area contributed by atoms with Crippen LogP contribution in [0.1, 0.15) is 33.8 Å². The first-order valence-electron chi connectivity index (χ1n) is 9.02. The minimum atomic E-state index is -3.72.